The normalized spacial score (nSPS) is 12.8. The molecule has 188 valence electrons. The topological polar surface area (TPSA) is 58.4 Å². The molecule has 0 fully saturated rings. The lowest BCUT2D eigenvalue weighted by Gasteiger charge is -2.35. The minimum atomic E-state index is -0.330. The lowest BCUT2D eigenvalue weighted by Crippen LogP contribution is -2.42. The van der Waals surface area contributed by atoms with Gasteiger partial charge in [0.25, 0.3) is 5.56 Å². The quantitative estimate of drug-likeness (QED) is 0.444. The standard InChI is InChI=1S/C29H40N4O2/c1-9-25(32(17-16-31(7)8)26(34)19-29(4,5)6)27-30-24-13-11-10-12-23(24)28(35)33(27)22-15-14-20(2)21(3)18-22/h10-15,18,25H,9,16-17,19H2,1-8H3. The molecule has 6 heteroatoms. The zero-order valence-electron chi connectivity index (χ0n) is 22.6. The Labute approximate surface area is 209 Å². The van der Waals surface area contributed by atoms with E-state index >= 15 is 0 Å². The van der Waals surface area contributed by atoms with Gasteiger partial charge in [-0.3, -0.25) is 14.2 Å². The number of aromatic nitrogens is 2. The molecule has 0 N–H and O–H groups in total. The molecule has 0 aliphatic rings. The number of benzene rings is 2. The predicted molar refractivity (Wildman–Crippen MR) is 144 cm³/mol. The monoisotopic (exact) mass is 476 g/mol. The highest BCUT2D eigenvalue weighted by Crippen LogP contribution is 2.29. The van der Waals surface area contributed by atoms with E-state index in [0.29, 0.717) is 36.1 Å². The Morgan fingerprint density at radius 1 is 1.03 bits per heavy atom. The van der Waals surface area contributed by atoms with Crippen LogP contribution < -0.4 is 5.56 Å². The van der Waals surface area contributed by atoms with E-state index in [2.05, 4.69) is 39.5 Å². The molecule has 3 rings (SSSR count). The molecule has 0 aliphatic carbocycles. The van der Waals surface area contributed by atoms with E-state index in [1.54, 1.807) is 4.57 Å². The van der Waals surface area contributed by atoms with E-state index in [4.69, 9.17) is 4.98 Å². The van der Waals surface area contributed by atoms with Crippen LogP contribution in [0.5, 0.6) is 0 Å². The number of aryl methyl sites for hydroxylation is 2. The first-order valence-corrected chi connectivity index (χ1v) is 12.5. The molecule has 1 atom stereocenters. The predicted octanol–water partition coefficient (Wildman–Crippen LogP) is 5.28. The van der Waals surface area contributed by atoms with Gasteiger partial charge in [-0.1, -0.05) is 45.9 Å². The largest absolute Gasteiger partial charge is 0.331 e. The summed E-state index contributed by atoms with van der Waals surface area (Å²) in [7, 11) is 4.01. The summed E-state index contributed by atoms with van der Waals surface area (Å²) in [5.74, 6) is 0.695. The van der Waals surface area contributed by atoms with Crippen molar-refractivity contribution in [1.29, 1.82) is 0 Å². The van der Waals surface area contributed by atoms with Gasteiger partial charge < -0.3 is 9.80 Å². The van der Waals surface area contributed by atoms with Gasteiger partial charge in [0.15, 0.2) is 0 Å². The second-order valence-corrected chi connectivity index (χ2v) is 10.9. The van der Waals surface area contributed by atoms with Crippen LogP contribution in [0.25, 0.3) is 16.6 Å². The van der Waals surface area contributed by atoms with Crippen molar-refractivity contribution in [3.63, 3.8) is 0 Å². The third kappa shape index (κ3) is 6.17. The highest BCUT2D eigenvalue weighted by Gasteiger charge is 2.31. The Morgan fingerprint density at radius 3 is 2.31 bits per heavy atom. The number of rotatable bonds is 8. The maximum Gasteiger partial charge on any atom is 0.266 e. The summed E-state index contributed by atoms with van der Waals surface area (Å²) in [4.78, 5) is 36.5. The third-order valence-corrected chi connectivity index (χ3v) is 6.40. The highest BCUT2D eigenvalue weighted by atomic mass is 16.2. The average molecular weight is 477 g/mol. The Balaban J connectivity index is 2.27. The maximum absolute atomic E-state index is 13.9. The fourth-order valence-corrected chi connectivity index (χ4v) is 4.35. The number of hydrogen-bond acceptors (Lipinski definition) is 4. The molecule has 1 aromatic heterocycles. The van der Waals surface area contributed by atoms with Gasteiger partial charge in [0.1, 0.15) is 5.82 Å². The lowest BCUT2D eigenvalue weighted by atomic mass is 9.91. The molecule has 3 aromatic rings. The van der Waals surface area contributed by atoms with Gasteiger partial charge in [0, 0.05) is 19.5 Å². The molecule has 0 radical (unpaired) electrons. The Hall–Kier alpha value is -2.99. The summed E-state index contributed by atoms with van der Waals surface area (Å²) in [6.45, 7) is 13.7. The number of fused-ring (bicyclic) bond motifs is 1. The summed E-state index contributed by atoms with van der Waals surface area (Å²) in [5.41, 5.74) is 3.45. The first-order chi connectivity index (χ1) is 16.4. The fraction of sp³-hybridized carbons (Fsp3) is 0.483. The van der Waals surface area contributed by atoms with E-state index in [0.717, 1.165) is 23.4 Å². The van der Waals surface area contributed by atoms with Gasteiger partial charge in [-0.2, -0.15) is 0 Å². The summed E-state index contributed by atoms with van der Waals surface area (Å²) in [6.07, 6.45) is 1.08. The van der Waals surface area contributed by atoms with E-state index in [9.17, 15) is 9.59 Å². The molecule has 1 heterocycles. The highest BCUT2D eigenvalue weighted by molar-refractivity contribution is 5.79. The van der Waals surface area contributed by atoms with Gasteiger partial charge in [0.2, 0.25) is 5.91 Å². The first-order valence-electron chi connectivity index (χ1n) is 12.5. The van der Waals surface area contributed by atoms with Crippen LogP contribution in [-0.2, 0) is 4.79 Å². The van der Waals surface area contributed by atoms with Gasteiger partial charge in [0.05, 0.1) is 22.6 Å². The van der Waals surface area contributed by atoms with Gasteiger partial charge in [-0.25, -0.2) is 4.98 Å². The van der Waals surface area contributed by atoms with Gasteiger partial charge in [-0.05, 0) is 75.2 Å². The molecule has 0 saturated heterocycles. The van der Waals surface area contributed by atoms with Crippen molar-refractivity contribution >= 4 is 16.8 Å². The molecular formula is C29H40N4O2. The van der Waals surface area contributed by atoms with E-state index in [1.807, 2.05) is 68.4 Å². The van der Waals surface area contributed by atoms with Crippen LogP contribution >= 0.6 is 0 Å². The van der Waals surface area contributed by atoms with Crippen LogP contribution in [0.2, 0.25) is 0 Å². The number of para-hydroxylation sites is 1. The summed E-state index contributed by atoms with van der Waals surface area (Å²) in [6, 6.07) is 13.2. The van der Waals surface area contributed by atoms with Crippen molar-refractivity contribution in [2.45, 2.75) is 60.4 Å². The maximum atomic E-state index is 13.9. The van der Waals surface area contributed by atoms with Gasteiger partial charge in [-0.15, -0.1) is 0 Å². The van der Waals surface area contributed by atoms with Crippen molar-refractivity contribution < 1.29 is 4.79 Å². The number of carbonyl (C=O) groups excluding carboxylic acids is 1. The number of hydrogen-bond donors (Lipinski definition) is 0. The summed E-state index contributed by atoms with van der Waals surface area (Å²) < 4.78 is 1.72. The molecule has 0 spiro atoms. The van der Waals surface area contributed by atoms with E-state index < -0.39 is 0 Å². The van der Waals surface area contributed by atoms with Crippen LogP contribution in [-0.4, -0.2) is 52.4 Å². The Bertz CT molecular complexity index is 1250. The second-order valence-electron chi connectivity index (χ2n) is 10.9. The average Bonchev–Trinajstić information content (AvgIpc) is 2.77. The van der Waals surface area contributed by atoms with Crippen LogP contribution in [0, 0.1) is 19.3 Å². The minimum absolute atomic E-state index is 0.0836. The SMILES string of the molecule is CCC(c1nc2ccccc2c(=O)n1-c1ccc(C)c(C)c1)N(CCN(C)C)C(=O)CC(C)(C)C. The van der Waals surface area contributed by atoms with Crippen molar-refractivity contribution in [3.05, 3.63) is 69.8 Å². The number of nitrogens with zero attached hydrogens (tertiary/aromatic N) is 4. The van der Waals surface area contributed by atoms with Crippen molar-refractivity contribution in [2.75, 3.05) is 27.2 Å². The third-order valence-electron chi connectivity index (χ3n) is 6.40. The van der Waals surface area contributed by atoms with Crippen molar-refractivity contribution in [1.82, 2.24) is 19.4 Å². The molecule has 2 aromatic carbocycles. The minimum Gasteiger partial charge on any atom is -0.331 e. The fourth-order valence-electron chi connectivity index (χ4n) is 4.35. The molecule has 0 bridgehead atoms. The first kappa shape index (κ1) is 26.6. The molecule has 0 saturated carbocycles. The molecule has 0 aliphatic heterocycles. The molecule has 1 amide bonds. The Morgan fingerprint density at radius 2 is 1.71 bits per heavy atom. The Kier molecular flexibility index (Phi) is 8.16. The second kappa shape index (κ2) is 10.7. The smallest absolute Gasteiger partial charge is 0.266 e. The zero-order chi connectivity index (χ0) is 25.9. The van der Waals surface area contributed by atoms with Gasteiger partial charge >= 0.3 is 0 Å². The van der Waals surface area contributed by atoms with Crippen molar-refractivity contribution in [2.24, 2.45) is 5.41 Å². The van der Waals surface area contributed by atoms with E-state index in [1.165, 1.54) is 0 Å². The van der Waals surface area contributed by atoms with Crippen LogP contribution in [0.3, 0.4) is 0 Å². The molecule has 1 unspecified atom stereocenters. The summed E-state index contributed by atoms with van der Waals surface area (Å²) >= 11 is 0. The van der Waals surface area contributed by atoms with Crippen molar-refractivity contribution in [3.8, 4) is 5.69 Å². The number of likely N-dealkylation sites (N-methyl/N-ethyl adjacent to an activating group) is 1. The number of carbonyl (C=O) groups is 1. The van der Waals surface area contributed by atoms with Crippen LogP contribution in [0.15, 0.2) is 47.3 Å². The van der Waals surface area contributed by atoms with Crippen LogP contribution in [0.4, 0.5) is 0 Å². The molecular weight excluding hydrogens is 436 g/mol. The summed E-state index contributed by atoms with van der Waals surface area (Å²) in [5, 5.41) is 0.574. The molecule has 35 heavy (non-hydrogen) atoms. The lowest BCUT2D eigenvalue weighted by molar-refractivity contribution is -0.136. The number of amides is 1. The van der Waals surface area contributed by atoms with E-state index in [-0.39, 0.29) is 22.9 Å². The molecule has 6 nitrogen and oxygen atoms in total. The zero-order valence-corrected chi connectivity index (χ0v) is 22.6. The van der Waals surface area contributed by atoms with Crippen LogP contribution in [0.1, 0.15) is 63.5 Å².